The molecule has 1 N–H and O–H groups in total. The third-order valence-corrected chi connectivity index (χ3v) is 3.02. The van der Waals surface area contributed by atoms with E-state index in [-0.39, 0.29) is 0 Å². The van der Waals surface area contributed by atoms with Crippen LogP contribution in [-0.4, -0.2) is 13.1 Å². The maximum atomic E-state index is 3.44. The van der Waals surface area contributed by atoms with Crippen LogP contribution in [0, 0.1) is 12.8 Å². The molecule has 1 aromatic rings. The zero-order chi connectivity index (χ0) is 9.26. The Labute approximate surface area is 80.2 Å². The second kappa shape index (κ2) is 3.51. The highest BCUT2D eigenvalue weighted by atomic mass is 14.9. The summed E-state index contributed by atoms with van der Waals surface area (Å²) in [6, 6.07) is 8.95. The number of hydrogen-bond donors (Lipinski definition) is 1. The summed E-state index contributed by atoms with van der Waals surface area (Å²) in [7, 11) is 0. The van der Waals surface area contributed by atoms with Crippen LogP contribution in [0.5, 0.6) is 0 Å². The van der Waals surface area contributed by atoms with E-state index in [0.717, 1.165) is 18.4 Å². The minimum Gasteiger partial charge on any atom is -0.316 e. The van der Waals surface area contributed by atoms with Crippen LogP contribution in [0.4, 0.5) is 0 Å². The first-order valence-electron chi connectivity index (χ1n) is 5.04. The molecule has 0 aromatic heterocycles. The molecule has 13 heavy (non-hydrogen) atoms. The van der Waals surface area contributed by atoms with E-state index < -0.39 is 0 Å². The molecule has 1 fully saturated rings. The topological polar surface area (TPSA) is 12.0 Å². The fourth-order valence-corrected chi connectivity index (χ4v) is 2.07. The third kappa shape index (κ3) is 1.75. The lowest BCUT2D eigenvalue weighted by Gasteiger charge is -2.14. The van der Waals surface area contributed by atoms with E-state index in [4.69, 9.17) is 0 Å². The summed E-state index contributed by atoms with van der Waals surface area (Å²) in [5.74, 6) is 1.50. The molecule has 1 saturated heterocycles. The van der Waals surface area contributed by atoms with Crippen LogP contribution in [0.15, 0.2) is 24.3 Å². The molecule has 1 aliphatic rings. The number of hydrogen-bond acceptors (Lipinski definition) is 1. The summed E-state index contributed by atoms with van der Waals surface area (Å²) in [5.41, 5.74) is 2.84. The molecule has 2 rings (SSSR count). The van der Waals surface area contributed by atoms with Crippen molar-refractivity contribution in [3.05, 3.63) is 35.4 Å². The van der Waals surface area contributed by atoms with Crippen molar-refractivity contribution < 1.29 is 0 Å². The van der Waals surface area contributed by atoms with Crippen LogP contribution >= 0.6 is 0 Å². The van der Waals surface area contributed by atoms with E-state index in [1.54, 1.807) is 0 Å². The molecule has 2 atom stereocenters. The SMILES string of the molecule is Cc1ccc([C@@H]2CNC[C@@H]2C)cc1. The van der Waals surface area contributed by atoms with Crippen LogP contribution in [0.2, 0.25) is 0 Å². The van der Waals surface area contributed by atoms with E-state index in [1.807, 2.05) is 0 Å². The van der Waals surface area contributed by atoms with Gasteiger partial charge in [-0.1, -0.05) is 36.8 Å². The monoisotopic (exact) mass is 175 g/mol. The molecule has 1 heterocycles. The van der Waals surface area contributed by atoms with Gasteiger partial charge in [-0.25, -0.2) is 0 Å². The second-order valence-corrected chi connectivity index (χ2v) is 4.15. The van der Waals surface area contributed by atoms with E-state index in [1.165, 1.54) is 17.7 Å². The Morgan fingerprint density at radius 3 is 2.38 bits per heavy atom. The van der Waals surface area contributed by atoms with Gasteiger partial charge in [-0.05, 0) is 24.9 Å². The summed E-state index contributed by atoms with van der Waals surface area (Å²) in [6.45, 7) is 6.77. The molecule has 70 valence electrons. The van der Waals surface area contributed by atoms with Crippen molar-refractivity contribution in [2.45, 2.75) is 19.8 Å². The normalized spacial score (nSPS) is 27.8. The van der Waals surface area contributed by atoms with Crippen LogP contribution in [0.25, 0.3) is 0 Å². The first-order chi connectivity index (χ1) is 6.27. The van der Waals surface area contributed by atoms with Crippen molar-refractivity contribution >= 4 is 0 Å². The Morgan fingerprint density at radius 2 is 1.85 bits per heavy atom. The van der Waals surface area contributed by atoms with Crippen LogP contribution in [-0.2, 0) is 0 Å². The predicted octanol–water partition coefficient (Wildman–Crippen LogP) is 2.32. The molecule has 0 bridgehead atoms. The van der Waals surface area contributed by atoms with Gasteiger partial charge in [-0.2, -0.15) is 0 Å². The van der Waals surface area contributed by atoms with Crippen molar-refractivity contribution in [1.82, 2.24) is 5.32 Å². The van der Waals surface area contributed by atoms with Crippen LogP contribution < -0.4 is 5.32 Å². The smallest absolute Gasteiger partial charge is 0.00233 e. The fraction of sp³-hybridized carbons (Fsp3) is 0.500. The van der Waals surface area contributed by atoms with Gasteiger partial charge >= 0.3 is 0 Å². The minimum absolute atomic E-state index is 0.723. The second-order valence-electron chi connectivity index (χ2n) is 4.15. The molecule has 0 unspecified atom stereocenters. The molecule has 1 heteroatoms. The average Bonchev–Trinajstić information content (AvgIpc) is 2.53. The van der Waals surface area contributed by atoms with Crippen molar-refractivity contribution in [2.24, 2.45) is 5.92 Å². The highest BCUT2D eigenvalue weighted by Crippen LogP contribution is 2.27. The molecule has 0 spiro atoms. The van der Waals surface area contributed by atoms with E-state index in [2.05, 4.69) is 43.4 Å². The van der Waals surface area contributed by atoms with Gasteiger partial charge in [-0.3, -0.25) is 0 Å². The highest BCUT2D eigenvalue weighted by Gasteiger charge is 2.23. The molecule has 1 nitrogen and oxygen atoms in total. The van der Waals surface area contributed by atoms with Crippen LogP contribution in [0.3, 0.4) is 0 Å². The first-order valence-corrected chi connectivity index (χ1v) is 5.04. The predicted molar refractivity (Wildman–Crippen MR) is 56.0 cm³/mol. The molecule has 0 amide bonds. The lowest BCUT2D eigenvalue weighted by Crippen LogP contribution is -2.07. The van der Waals surface area contributed by atoms with Gasteiger partial charge in [0.2, 0.25) is 0 Å². The number of aryl methyl sites for hydroxylation is 1. The molecule has 0 saturated carbocycles. The number of rotatable bonds is 1. The van der Waals surface area contributed by atoms with Crippen LogP contribution in [0.1, 0.15) is 24.0 Å². The fourth-order valence-electron chi connectivity index (χ4n) is 2.07. The first kappa shape index (κ1) is 8.76. The van der Waals surface area contributed by atoms with Gasteiger partial charge < -0.3 is 5.32 Å². The minimum atomic E-state index is 0.723. The number of benzene rings is 1. The lowest BCUT2D eigenvalue weighted by atomic mass is 9.90. The van der Waals surface area contributed by atoms with Gasteiger partial charge in [0.1, 0.15) is 0 Å². The quantitative estimate of drug-likeness (QED) is 0.690. The maximum Gasteiger partial charge on any atom is 0.00233 e. The summed E-state index contributed by atoms with van der Waals surface area (Å²) in [4.78, 5) is 0. The average molecular weight is 175 g/mol. The van der Waals surface area contributed by atoms with Crippen molar-refractivity contribution in [2.75, 3.05) is 13.1 Å². The standard InChI is InChI=1S/C12H17N/c1-9-3-5-11(6-4-9)12-8-13-7-10(12)2/h3-6,10,12-13H,7-8H2,1-2H3/t10-,12+/m0/s1. The van der Waals surface area contributed by atoms with Gasteiger partial charge in [-0.15, -0.1) is 0 Å². The summed E-state index contributed by atoms with van der Waals surface area (Å²) in [6.07, 6.45) is 0. The highest BCUT2D eigenvalue weighted by molar-refractivity contribution is 5.26. The molecule has 0 aliphatic carbocycles. The van der Waals surface area contributed by atoms with E-state index >= 15 is 0 Å². The van der Waals surface area contributed by atoms with Crippen molar-refractivity contribution in [1.29, 1.82) is 0 Å². The third-order valence-electron chi connectivity index (χ3n) is 3.02. The number of nitrogens with one attached hydrogen (secondary N) is 1. The Balaban J connectivity index is 2.20. The van der Waals surface area contributed by atoms with Crippen molar-refractivity contribution in [3.8, 4) is 0 Å². The van der Waals surface area contributed by atoms with Crippen molar-refractivity contribution in [3.63, 3.8) is 0 Å². The van der Waals surface area contributed by atoms with E-state index in [0.29, 0.717) is 0 Å². The Bertz CT molecular complexity index is 276. The molecule has 0 radical (unpaired) electrons. The van der Waals surface area contributed by atoms with Gasteiger partial charge in [0.05, 0.1) is 0 Å². The largest absolute Gasteiger partial charge is 0.316 e. The zero-order valence-corrected chi connectivity index (χ0v) is 8.38. The lowest BCUT2D eigenvalue weighted by molar-refractivity contribution is 0.572. The Hall–Kier alpha value is -0.820. The van der Waals surface area contributed by atoms with Gasteiger partial charge in [0.25, 0.3) is 0 Å². The molecular formula is C12H17N. The summed E-state index contributed by atoms with van der Waals surface area (Å²) < 4.78 is 0. The van der Waals surface area contributed by atoms with Gasteiger partial charge in [0, 0.05) is 12.5 Å². The molecular weight excluding hydrogens is 158 g/mol. The summed E-state index contributed by atoms with van der Waals surface area (Å²) >= 11 is 0. The maximum absolute atomic E-state index is 3.44. The summed E-state index contributed by atoms with van der Waals surface area (Å²) in [5, 5.41) is 3.44. The zero-order valence-electron chi connectivity index (χ0n) is 8.38. The molecule has 1 aliphatic heterocycles. The Kier molecular flexibility index (Phi) is 2.36. The molecule has 1 aromatic carbocycles. The van der Waals surface area contributed by atoms with Gasteiger partial charge in [0.15, 0.2) is 0 Å². The van der Waals surface area contributed by atoms with E-state index in [9.17, 15) is 0 Å². The Morgan fingerprint density at radius 1 is 1.15 bits per heavy atom.